The van der Waals surface area contributed by atoms with Gasteiger partial charge >= 0.3 is 0 Å². The summed E-state index contributed by atoms with van der Waals surface area (Å²) in [6.45, 7) is 4.37. The molecule has 2 aromatic rings. The summed E-state index contributed by atoms with van der Waals surface area (Å²) in [5, 5.41) is 6.20. The van der Waals surface area contributed by atoms with Gasteiger partial charge in [-0.15, -0.1) is 0 Å². The van der Waals surface area contributed by atoms with Crippen LogP contribution >= 0.6 is 45.2 Å². The van der Waals surface area contributed by atoms with Crippen molar-refractivity contribution in [2.24, 2.45) is 0 Å². The van der Waals surface area contributed by atoms with Crippen molar-refractivity contribution in [3.8, 4) is 0 Å². The molecule has 0 saturated carbocycles. The van der Waals surface area contributed by atoms with E-state index in [9.17, 15) is 0 Å². The van der Waals surface area contributed by atoms with E-state index < -0.39 is 0 Å². The molecule has 1 saturated heterocycles. The number of hydrogen-bond donors (Lipinski definition) is 1. The lowest BCUT2D eigenvalue weighted by Crippen LogP contribution is -2.47. The smallest absolute Gasteiger partial charge is 0.0748 e. The highest BCUT2D eigenvalue weighted by Gasteiger charge is 2.20. The molecule has 1 aliphatic rings. The second kappa shape index (κ2) is 6.24. The third-order valence-corrected chi connectivity index (χ3v) is 5.87. The van der Waals surface area contributed by atoms with Crippen LogP contribution in [0.3, 0.4) is 0 Å². The number of benzene rings is 2. The van der Waals surface area contributed by atoms with Gasteiger partial charge in [-0.05, 0) is 45.0 Å². The van der Waals surface area contributed by atoms with Crippen molar-refractivity contribution in [2.75, 3.05) is 19.6 Å². The first kappa shape index (κ1) is 14.0. The van der Waals surface area contributed by atoms with Crippen molar-refractivity contribution in [1.82, 2.24) is 10.2 Å². The Kier molecular flexibility index (Phi) is 4.61. The number of nitrogens with zero attached hydrogens (tertiary/aromatic N) is 1. The fraction of sp³-hybridized carbons (Fsp3) is 0.333. The number of hydrogen-bond acceptors (Lipinski definition) is 2. The maximum Gasteiger partial charge on any atom is 0.0748 e. The summed E-state index contributed by atoms with van der Waals surface area (Å²) in [5.74, 6) is 0. The summed E-state index contributed by atoms with van der Waals surface area (Å²) >= 11 is 5.01. The summed E-state index contributed by atoms with van der Waals surface area (Å²) in [7, 11) is 0. The number of fused-ring (bicyclic) bond motifs is 1. The molecule has 19 heavy (non-hydrogen) atoms. The summed E-state index contributed by atoms with van der Waals surface area (Å²) < 4.78 is 1.96. The molecule has 1 atom stereocenters. The molecule has 3 rings (SSSR count). The highest BCUT2D eigenvalue weighted by atomic mass is 127. The Hall–Kier alpha value is 0.0800. The Morgan fingerprint density at radius 3 is 2.89 bits per heavy atom. The zero-order valence-corrected chi connectivity index (χ0v) is 14.9. The van der Waals surface area contributed by atoms with Crippen molar-refractivity contribution >= 4 is 56.0 Å². The van der Waals surface area contributed by atoms with Gasteiger partial charge < -0.3 is 5.32 Å². The SMILES string of the molecule is Ic1ccc2ccccc2c1CN1CCNCC1I. The number of rotatable bonds is 2. The maximum absolute atomic E-state index is 3.45. The van der Waals surface area contributed by atoms with Crippen LogP contribution in [0.2, 0.25) is 0 Å². The molecule has 4 heteroatoms. The zero-order valence-electron chi connectivity index (χ0n) is 10.6. The fourth-order valence-electron chi connectivity index (χ4n) is 2.56. The second-order valence-electron chi connectivity index (χ2n) is 4.86. The minimum Gasteiger partial charge on any atom is -0.313 e. The van der Waals surface area contributed by atoms with Gasteiger partial charge in [0.05, 0.1) is 4.05 Å². The van der Waals surface area contributed by atoms with Crippen LogP contribution in [-0.4, -0.2) is 28.6 Å². The lowest BCUT2D eigenvalue weighted by molar-refractivity contribution is 0.221. The zero-order chi connectivity index (χ0) is 13.2. The molecule has 0 amide bonds. The predicted octanol–water partition coefficient (Wildman–Crippen LogP) is 3.61. The van der Waals surface area contributed by atoms with Gasteiger partial charge in [0.15, 0.2) is 0 Å². The van der Waals surface area contributed by atoms with Crippen LogP contribution in [0.5, 0.6) is 0 Å². The van der Waals surface area contributed by atoms with E-state index in [2.05, 4.69) is 91.8 Å². The lowest BCUT2D eigenvalue weighted by atomic mass is 10.0. The molecule has 1 unspecified atom stereocenters. The van der Waals surface area contributed by atoms with Crippen molar-refractivity contribution < 1.29 is 0 Å². The molecular weight excluding hydrogens is 462 g/mol. The van der Waals surface area contributed by atoms with Crippen LogP contribution in [-0.2, 0) is 6.54 Å². The molecule has 0 spiro atoms. The van der Waals surface area contributed by atoms with Gasteiger partial charge in [0.1, 0.15) is 0 Å². The van der Waals surface area contributed by atoms with Crippen LogP contribution in [0.15, 0.2) is 36.4 Å². The van der Waals surface area contributed by atoms with Gasteiger partial charge in [-0.3, -0.25) is 4.90 Å². The van der Waals surface area contributed by atoms with E-state index >= 15 is 0 Å². The van der Waals surface area contributed by atoms with Crippen molar-refractivity contribution in [1.29, 1.82) is 0 Å². The minimum atomic E-state index is 0.584. The van der Waals surface area contributed by atoms with Crippen molar-refractivity contribution in [3.05, 3.63) is 45.5 Å². The fourth-order valence-corrected chi connectivity index (χ4v) is 3.99. The second-order valence-corrected chi connectivity index (χ2v) is 7.46. The molecule has 1 N–H and O–H groups in total. The number of halogens is 2. The van der Waals surface area contributed by atoms with Crippen LogP contribution in [0.4, 0.5) is 0 Å². The van der Waals surface area contributed by atoms with E-state index in [1.54, 1.807) is 0 Å². The Morgan fingerprint density at radius 2 is 2.05 bits per heavy atom. The van der Waals surface area contributed by atoms with E-state index in [-0.39, 0.29) is 0 Å². The molecule has 0 radical (unpaired) electrons. The maximum atomic E-state index is 3.45. The highest BCUT2D eigenvalue weighted by molar-refractivity contribution is 14.1. The van der Waals surface area contributed by atoms with Gasteiger partial charge in [-0.2, -0.15) is 0 Å². The topological polar surface area (TPSA) is 15.3 Å². The van der Waals surface area contributed by atoms with Gasteiger partial charge in [-0.25, -0.2) is 0 Å². The molecular formula is C15H16I2N2. The van der Waals surface area contributed by atoms with Crippen LogP contribution in [0.1, 0.15) is 5.56 Å². The molecule has 1 heterocycles. The van der Waals surface area contributed by atoms with Crippen molar-refractivity contribution in [3.63, 3.8) is 0 Å². The van der Waals surface area contributed by atoms with Crippen LogP contribution in [0, 0.1) is 3.57 Å². The molecule has 0 bridgehead atoms. The summed E-state index contributed by atoms with van der Waals surface area (Å²) in [6.07, 6.45) is 0. The van der Waals surface area contributed by atoms with Gasteiger partial charge in [-0.1, -0.05) is 52.9 Å². The van der Waals surface area contributed by atoms with E-state index in [1.165, 1.54) is 19.9 Å². The first-order valence-electron chi connectivity index (χ1n) is 6.50. The summed E-state index contributed by atoms with van der Waals surface area (Å²) in [4.78, 5) is 2.57. The molecule has 0 aliphatic carbocycles. The molecule has 2 nitrogen and oxygen atoms in total. The molecule has 0 aromatic heterocycles. The largest absolute Gasteiger partial charge is 0.313 e. The van der Waals surface area contributed by atoms with Crippen LogP contribution < -0.4 is 5.32 Å². The molecule has 1 fully saturated rings. The average molecular weight is 478 g/mol. The van der Waals surface area contributed by atoms with Crippen LogP contribution in [0.25, 0.3) is 10.8 Å². The van der Waals surface area contributed by atoms with Gasteiger partial charge in [0.2, 0.25) is 0 Å². The van der Waals surface area contributed by atoms with E-state index in [1.807, 2.05) is 0 Å². The third kappa shape index (κ3) is 3.06. The van der Waals surface area contributed by atoms with E-state index in [0.717, 1.165) is 26.2 Å². The molecule has 100 valence electrons. The Labute approximate surface area is 141 Å². The minimum absolute atomic E-state index is 0.584. The van der Waals surface area contributed by atoms with Gasteiger partial charge in [0, 0.05) is 29.7 Å². The highest BCUT2D eigenvalue weighted by Crippen LogP contribution is 2.26. The van der Waals surface area contributed by atoms with Gasteiger partial charge in [0.25, 0.3) is 0 Å². The monoisotopic (exact) mass is 478 g/mol. The summed E-state index contributed by atoms with van der Waals surface area (Å²) in [5.41, 5.74) is 1.47. The standard InChI is InChI=1S/C15H16I2N2/c16-14-6-5-11-3-1-2-4-12(11)13(14)10-19-8-7-18-9-15(19)17/h1-6,15,18H,7-10H2. The van der Waals surface area contributed by atoms with E-state index in [0.29, 0.717) is 4.05 Å². The average Bonchev–Trinajstić information content (AvgIpc) is 2.44. The quantitative estimate of drug-likeness (QED) is 0.404. The number of piperazine rings is 1. The number of nitrogens with one attached hydrogen (secondary N) is 1. The molecule has 1 aliphatic heterocycles. The Morgan fingerprint density at radius 1 is 1.21 bits per heavy atom. The third-order valence-electron chi connectivity index (χ3n) is 3.63. The van der Waals surface area contributed by atoms with Crippen molar-refractivity contribution in [2.45, 2.75) is 10.6 Å². The first-order chi connectivity index (χ1) is 9.25. The Bertz CT molecular complexity index is 585. The lowest BCUT2D eigenvalue weighted by Gasteiger charge is -2.33. The number of alkyl halides is 1. The molecule has 2 aromatic carbocycles. The predicted molar refractivity (Wildman–Crippen MR) is 97.8 cm³/mol. The first-order valence-corrected chi connectivity index (χ1v) is 8.83. The van der Waals surface area contributed by atoms with E-state index in [4.69, 9.17) is 0 Å². The Balaban J connectivity index is 1.97. The normalized spacial score (nSPS) is 20.8. The summed E-state index contributed by atoms with van der Waals surface area (Å²) in [6, 6.07) is 13.2.